The minimum absolute atomic E-state index is 0.0903. The van der Waals surface area contributed by atoms with Gasteiger partial charge in [-0.15, -0.1) is 0 Å². The Balaban J connectivity index is 2.54. The van der Waals surface area contributed by atoms with E-state index in [2.05, 4.69) is 25.2 Å². The van der Waals surface area contributed by atoms with E-state index in [9.17, 15) is 10.1 Å². The molecule has 0 bridgehead atoms. The van der Waals surface area contributed by atoms with E-state index in [0.29, 0.717) is 19.6 Å². The lowest BCUT2D eigenvalue weighted by Crippen LogP contribution is -2.45. The molecule has 0 amide bonds. The van der Waals surface area contributed by atoms with Gasteiger partial charge in [0.1, 0.15) is 18.2 Å². The number of hydrogen-bond donors (Lipinski definition) is 1. The number of rotatable bonds is 12. The second kappa shape index (κ2) is 12.9. The molecule has 0 spiro atoms. The van der Waals surface area contributed by atoms with E-state index in [0.717, 1.165) is 57.2 Å². The van der Waals surface area contributed by atoms with Crippen LogP contribution in [0.15, 0.2) is 11.1 Å². The Labute approximate surface area is 157 Å². The molecule has 0 aliphatic heterocycles. The molecule has 1 atom stereocenters. The number of nitrogens with zero attached hydrogens (tertiary/aromatic N) is 1. The van der Waals surface area contributed by atoms with Gasteiger partial charge in [0, 0.05) is 25.9 Å². The van der Waals surface area contributed by atoms with Crippen LogP contribution in [-0.2, 0) is 19.0 Å². The molecule has 1 fully saturated rings. The highest BCUT2D eigenvalue weighted by atomic mass is 16.6. The van der Waals surface area contributed by atoms with E-state index < -0.39 is 5.97 Å². The summed E-state index contributed by atoms with van der Waals surface area (Å²) >= 11 is 0. The first kappa shape index (κ1) is 22.6. The second-order valence-electron chi connectivity index (χ2n) is 7.06. The van der Waals surface area contributed by atoms with Gasteiger partial charge in [-0.3, -0.25) is 0 Å². The Kier molecular flexibility index (Phi) is 11.2. The summed E-state index contributed by atoms with van der Waals surface area (Å²) in [6, 6.07) is 2.06. The molecule has 1 N–H and O–H groups in total. The van der Waals surface area contributed by atoms with Crippen LogP contribution in [-0.4, -0.2) is 51.6 Å². The average molecular weight is 367 g/mol. The standard InChI is InChI=1S/C20H34N2O4/c1-4-5-12-25-13-14-26-19(23)18(16-21)17-8-6-9-20(2,15-17)22-10-7-11-24-3/h22H,4-15H2,1-3H3/b18-17-. The van der Waals surface area contributed by atoms with E-state index in [1.165, 1.54) is 0 Å². The van der Waals surface area contributed by atoms with Gasteiger partial charge in [0.2, 0.25) is 0 Å². The number of nitrogens with one attached hydrogen (secondary N) is 1. The fourth-order valence-corrected chi connectivity index (χ4v) is 3.19. The third kappa shape index (κ3) is 8.31. The molecule has 0 saturated heterocycles. The molecule has 1 rings (SSSR count). The summed E-state index contributed by atoms with van der Waals surface area (Å²) in [7, 11) is 1.70. The van der Waals surface area contributed by atoms with Crippen molar-refractivity contribution in [3.8, 4) is 6.07 Å². The lowest BCUT2D eigenvalue weighted by molar-refractivity contribution is -0.140. The van der Waals surface area contributed by atoms with Crippen molar-refractivity contribution in [2.45, 2.75) is 64.3 Å². The average Bonchev–Trinajstić information content (AvgIpc) is 2.62. The van der Waals surface area contributed by atoms with Gasteiger partial charge in [0.25, 0.3) is 0 Å². The van der Waals surface area contributed by atoms with Crippen LogP contribution in [0, 0.1) is 11.3 Å². The van der Waals surface area contributed by atoms with Crippen molar-refractivity contribution in [2.24, 2.45) is 0 Å². The topological polar surface area (TPSA) is 80.6 Å². The zero-order valence-electron chi connectivity index (χ0n) is 16.6. The van der Waals surface area contributed by atoms with Gasteiger partial charge in [0.15, 0.2) is 0 Å². The SMILES string of the molecule is CCCCOCCOC(=O)/C(C#N)=C1/CCCC(C)(NCCCOC)C1. The van der Waals surface area contributed by atoms with E-state index >= 15 is 0 Å². The van der Waals surface area contributed by atoms with Gasteiger partial charge in [-0.2, -0.15) is 5.26 Å². The molecule has 26 heavy (non-hydrogen) atoms. The zero-order chi connectivity index (χ0) is 19.3. The largest absolute Gasteiger partial charge is 0.459 e. The lowest BCUT2D eigenvalue weighted by atomic mass is 9.78. The fraction of sp³-hybridized carbons (Fsp3) is 0.800. The molecule has 0 aromatic rings. The van der Waals surface area contributed by atoms with Crippen LogP contribution in [0.2, 0.25) is 0 Å². The predicted molar refractivity (Wildman–Crippen MR) is 101 cm³/mol. The maximum atomic E-state index is 12.3. The third-order valence-electron chi connectivity index (χ3n) is 4.66. The monoisotopic (exact) mass is 366 g/mol. The Morgan fingerprint density at radius 3 is 2.77 bits per heavy atom. The van der Waals surface area contributed by atoms with E-state index in [1.54, 1.807) is 7.11 Å². The molecule has 148 valence electrons. The Morgan fingerprint density at radius 2 is 2.08 bits per heavy atom. The summed E-state index contributed by atoms with van der Waals surface area (Å²) in [4.78, 5) is 12.3. The van der Waals surface area contributed by atoms with Crippen LogP contribution in [0.25, 0.3) is 0 Å². The molecule has 1 aliphatic rings. The number of esters is 1. The second-order valence-corrected chi connectivity index (χ2v) is 7.06. The number of carbonyl (C=O) groups is 1. The maximum absolute atomic E-state index is 12.3. The van der Waals surface area contributed by atoms with Crippen LogP contribution in [0.1, 0.15) is 58.8 Å². The van der Waals surface area contributed by atoms with Gasteiger partial charge < -0.3 is 19.5 Å². The van der Waals surface area contributed by atoms with Crippen molar-refractivity contribution >= 4 is 5.97 Å². The van der Waals surface area contributed by atoms with Crippen LogP contribution < -0.4 is 5.32 Å². The van der Waals surface area contributed by atoms with Crippen LogP contribution >= 0.6 is 0 Å². The third-order valence-corrected chi connectivity index (χ3v) is 4.66. The molecule has 1 unspecified atom stereocenters. The molecule has 0 radical (unpaired) electrons. The number of nitriles is 1. The van der Waals surface area contributed by atoms with Crippen molar-refractivity contribution in [1.29, 1.82) is 5.26 Å². The molecule has 1 aliphatic carbocycles. The normalized spacial score (nSPS) is 21.9. The fourth-order valence-electron chi connectivity index (χ4n) is 3.19. The zero-order valence-corrected chi connectivity index (χ0v) is 16.6. The predicted octanol–water partition coefficient (Wildman–Crippen LogP) is 3.13. The van der Waals surface area contributed by atoms with Crippen molar-refractivity contribution in [3.63, 3.8) is 0 Å². The number of ether oxygens (including phenoxy) is 3. The minimum Gasteiger partial charge on any atom is -0.459 e. The van der Waals surface area contributed by atoms with E-state index in [-0.39, 0.29) is 17.7 Å². The summed E-state index contributed by atoms with van der Waals surface area (Å²) in [6.45, 7) is 7.07. The molecule has 0 aromatic heterocycles. The highest BCUT2D eigenvalue weighted by Gasteiger charge is 2.31. The number of unbranched alkanes of at least 4 members (excludes halogenated alkanes) is 1. The Morgan fingerprint density at radius 1 is 1.27 bits per heavy atom. The first-order chi connectivity index (χ1) is 12.6. The Hall–Kier alpha value is -1.42. The summed E-state index contributed by atoms with van der Waals surface area (Å²) < 4.78 is 15.7. The first-order valence-corrected chi connectivity index (χ1v) is 9.67. The molecule has 6 heteroatoms. The quantitative estimate of drug-likeness (QED) is 0.247. The van der Waals surface area contributed by atoms with Crippen molar-refractivity contribution in [3.05, 3.63) is 11.1 Å². The number of methoxy groups -OCH3 is 1. The summed E-state index contributed by atoms with van der Waals surface area (Å²) in [5.74, 6) is -0.523. The van der Waals surface area contributed by atoms with Gasteiger partial charge in [0.05, 0.1) is 6.61 Å². The molecular formula is C20H34N2O4. The molecule has 6 nitrogen and oxygen atoms in total. The smallest absolute Gasteiger partial charge is 0.348 e. The lowest BCUT2D eigenvalue weighted by Gasteiger charge is -2.36. The molecule has 1 saturated carbocycles. The highest BCUT2D eigenvalue weighted by Crippen LogP contribution is 2.33. The van der Waals surface area contributed by atoms with Gasteiger partial charge in [-0.05, 0) is 57.6 Å². The first-order valence-electron chi connectivity index (χ1n) is 9.67. The number of carbonyl (C=O) groups excluding carboxylic acids is 1. The van der Waals surface area contributed by atoms with Crippen molar-refractivity contribution in [1.82, 2.24) is 5.32 Å². The summed E-state index contributed by atoms with van der Waals surface area (Å²) in [5, 5.41) is 13.0. The Bertz CT molecular complexity index is 499. The van der Waals surface area contributed by atoms with E-state index in [4.69, 9.17) is 14.2 Å². The summed E-state index contributed by atoms with van der Waals surface area (Å²) in [5.41, 5.74) is 0.980. The summed E-state index contributed by atoms with van der Waals surface area (Å²) in [6.07, 6.45) is 6.48. The van der Waals surface area contributed by atoms with Crippen LogP contribution in [0.3, 0.4) is 0 Å². The van der Waals surface area contributed by atoms with Crippen LogP contribution in [0.4, 0.5) is 0 Å². The van der Waals surface area contributed by atoms with E-state index in [1.807, 2.05) is 0 Å². The van der Waals surface area contributed by atoms with Gasteiger partial charge >= 0.3 is 5.97 Å². The minimum atomic E-state index is -0.523. The highest BCUT2D eigenvalue weighted by molar-refractivity contribution is 5.93. The number of hydrogen-bond acceptors (Lipinski definition) is 6. The van der Waals surface area contributed by atoms with Crippen LogP contribution in [0.5, 0.6) is 0 Å². The molecule has 0 heterocycles. The van der Waals surface area contributed by atoms with Crippen molar-refractivity contribution < 1.29 is 19.0 Å². The van der Waals surface area contributed by atoms with Crippen molar-refractivity contribution in [2.75, 3.05) is 40.1 Å². The maximum Gasteiger partial charge on any atom is 0.348 e. The van der Waals surface area contributed by atoms with Gasteiger partial charge in [-0.1, -0.05) is 13.3 Å². The molecule has 0 aromatic carbocycles. The van der Waals surface area contributed by atoms with Gasteiger partial charge in [-0.25, -0.2) is 4.79 Å². The molecular weight excluding hydrogens is 332 g/mol.